The standard InChI is InChI=1S/C11H12O4S/c12-10(13)2-1-3-11(14)15-8-4-6-9(16)7-5-8/h4-7,16H,1-3H2,(H,12,13). The predicted octanol–water partition coefficient (Wildman–Crippen LogP) is 2.14. The zero-order chi connectivity index (χ0) is 12.0. The third-order valence-corrected chi connectivity index (χ3v) is 2.14. The Kier molecular flexibility index (Phi) is 4.85. The van der Waals surface area contributed by atoms with Crippen molar-refractivity contribution in [3.63, 3.8) is 0 Å². The van der Waals surface area contributed by atoms with Gasteiger partial charge in [-0.1, -0.05) is 0 Å². The highest BCUT2D eigenvalue weighted by molar-refractivity contribution is 7.80. The van der Waals surface area contributed by atoms with Crippen molar-refractivity contribution in [3.8, 4) is 5.75 Å². The summed E-state index contributed by atoms with van der Waals surface area (Å²) in [7, 11) is 0. The second-order valence-corrected chi connectivity index (χ2v) is 3.73. The minimum Gasteiger partial charge on any atom is -0.481 e. The van der Waals surface area contributed by atoms with Gasteiger partial charge in [-0.15, -0.1) is 12.6 Å². The molecule has 0 radical (unpaired) electrons. The van der Waals surface area contributed by atoms with Crippen molar-refractivity contribution < 1.29 is 19.4 Å². The quantitative estimate of drug-likeness (QED) is 0.470. The topological polar surface area (TPSA) is 63.6 Å². The van der Waals surface area contributed by atoms with Crippen molar-refractivity contribution in [3.05, 3.63) is 24.3 Å². The summed E-state index contributed by atoms with van der Waals surface area (Å²) < 4.78 is 4.99. The number of carboxylic acid groups (broad SMARTS) is 1. The van der Waals surface area contributed by atoms with Crippen molar-refractivity contribution in [2.45, 2.75) is 24.2 Å². The van der Waals surface area contributed by atoms with E-state index in [1.807, 2.05) is 0 Å². The maximum atomic E-state index is 11.2. The number of carbonyl (C=O) groups is 2. The van der Waals surface area contributed by atoms with Gasteiger partial charge < -0.3 is 9.84 Å². The lowest BCUT2D eigenvalue weighted by Gasteiger charge is -2.03. The fraction of sp³-hybridized carbons (Fsp3) is 0.273. The maximum Gasteiger partial charge on any atom is 0.311 e. The van der Waals surface area contributed by atoms with E-state index >= 15 is 0 Å². The van der Waals surface area contributed by atoms with Crippen LogP contribution in [0, 0.1) is 0 Å². The van der Waals surface area contributed by atoms with E-state index in [0.717, 1.165) is 4.90 Å². The van der Waals surface area contributed by atoms with Crippen LogP contribution < -0.4 is 4.74 Å². The van der Waals surface area contributed by atoms with E-state index < -0.39 is 11.9 Å². The Morgan fingerprint density at radius 1 is 1.19 bits per heavy atom. The fourth-order valence-corrected chi connectivity index (χ4v) is 1.23. The van der Waals surface area contributed by atoms with Gasteiger partial charge in [0.1, 0.15) is 5.75 Å². The molecule has 0 saturated carbocycles. The summed E-state index contributed by atoms with van der Waals surface area (Å²) in [5.74, 6) is -0.890. The van der Waals surface area contributed by atoms with Gasteiger partial charge in [-0.25, -0.2) is 0 Å². The summed E-state index contributed by atoms with van der Waals surface area (Å²) in [5, 5.41) is 8.39. The number of esters is 1. The van der Waals surface area contributed by atoms with Crippen molar-refractivity contribution in [1.29, 1.82) is 0 Å². The molecule has 1 rings (SSSR count). The van der Waals surface area contributed by atoms with Crippen LogP contribution in [0.1, 0.15) is 19.3 Å². The van der Waals surface area contributed by atoms with E-state index in [-0.39, 0.29) is 12.8 Å². The van der Waals surface area contributed by atoms with Gasteiger partial charge in [0.15, 0.2) is 0 Å². The number of hydrogen-bond acceptors (Lipinski definition) is 4. The summed E-state index contributed by atoms with van der Waals surface area (Å²) in [6.45, 7) is 0. The molecule has 4 nitrogen and oxygen atoms in total. The molecule has 0 aliphatic rings. The van der Waals surface area contributed by atoms with Gasteiger partial charge in [-0.2, -0.15) is 0 Å². The van der Waals surface area contributed by atoms with Crippen LogP contribution in [0.2, 0.25) is 0 Å². The van der Waals surface area contributed by atoms with Gasteiger partial charge >= 0.3 is 11.9 Å². The van der Waals surface area contributed by atoms with Crippen molar-refractivity contribution in [2.24, 2.45) is 0 Å². The van der Waals surface area contributed by atoms with Gasteiger partial charge in [-0.3, -0.25) is 9.59 Å². The minimum atomic E-state index is -0.910. The molecule has 0 saturated heterocycles. The van der Waals surface area contributed by atoms with Gasteiger partial charge in [-0.05, 0) is 30.7 Å². The molecule has 0 aliphatic carbocycles. The Morgan fingerprint density at radius 3 is 2.38 bits per heavy atom. The van der Waals surface area contributed by atoms with Crippen molar-refractivity contribution in [2.75, 3.05) is 0 Å². The molecule has 0 bridgehead atoms. The van der Waals surface area contributed by atoms with Crippen LogP contribution in [0.5, 0.6) is 5.75 Å². The van der Waals surface area contributed by atoms with Gasteiger partial charge in [0.05, 0.1) is 0 Å². The van der Waals surface area contributed by atoms with Gasteiger partial charge in [0, 0.05) is 17.7 Å². The summed E-state index contributed by atoms with van der Waals surface area (Å²) in [6, 6.07) is 6.70. The molecule has 1 aromatic rings. The highest BCUT2D eigenvalue weighted by atomic mass is 32.1. The second-order valence-electron chi connectivity index (χ2n) is 3.22. The first-order chi connectivity index (χ1) is 7.58. The number of benzene rings is 1. The Balaban J connectivity index is 2.34. The van der Waals surface area contributed by atoms with Crippen molar-refractivity contribution >= 4 is 24.6 Å². The van der Waals surface area contributed by atoms with E-state index in [9.17, 15) is 9.59 Å². The molecular formula is C11H12O4S. The fourth-order valence-electron chi connectivity index (χ4n) is 1.08. The molecule has 0 fully saturated rings. The minimum absolute atomic E-state index is 0.0231. The second kappa shape index (κ2) is 6.17. The molecule has 0 aromatic heterocycles. The van der Waals surface area contributed by atoms with Gasteiger partial charge in [0.2, 0.25) is 0 Å². The largest absolute Gasteiger partial charge is 0.481 e. The molecule has 0 amide bonds. The molecule has 1 aromatic carbocycles. The molecule has 0 heterocycles. The normalized spacial score (nSPS) is 9.81. The average Bonchev–Trinajstić information content (AvgIpc) is 2.21. The molecule has 0 atom stereocenters. The lowest BCUT2D eigenvalue weighted by Crippen LogP contribution is -2.08. The average molecular weight is 240 g/mol. The molecule has 16 heavy (non-hydrogen) atoms. The third-order valence-electron chi connectivity index (χ3n) is 1.84. The molecule has 0 spiro atoms. The van der Waals surface area contributed by atoms with Crippen LogP contribution in [-0.4, -0.2) is 17.0 Å². The molecule has 0 unspecified atom stereocenters. The van der Waals surface area contributed by atoms with Crippen LogP contribution in [0.3, 0.4) is 0 Å². The highest BCUT2D eigenvalue weighted by Gasteiger charge is 2.06. The third kappa shape index (κ3) is 4.84. The molecule has 86 valence electrons. The lowest BCUT2D eigenvalue weighted by molar-refractivity contribution is -0.137. The number of rotatable bonds is 5. The Bertz CT molecular complexity index is 372. The van der Waals surface area contributed by atoms with Crippen LogP contribution >= 0.6 is 12.6 Å². The highest BCUT2D eigenvalue weighted by Crippen LogP contribution is 2.15. The molecule has 5 heteroatoms. The lowest BCUT2D eigenvalue weighted by atomic mass is 10.2. The zero-order valence-electron chi connectivity index (χ0n) is 8.55. The Hall–Kier alpha value is -1.49. The van der Waals surface area contributed by atoms with E-state index in [1.165, 1.54) is 0 Å². The first-order valence-electron chi connectivity index (χ1n) is 4.79. The number of thiol groups is 1. The zero-order valence-corrected chi connectivity index (χ0v) is 9.44. The monoisotopic (exact) mass is 240 g/mol. The number of aliphatic carboxylic acids is 1. The molecule has 0 aliphatic heterocycles. The van der Waals surface area contributed by atoms with Gasteiger partial charge in [0.25, 0.3) is 0 Å². The maximum absolute atomic E-state index is 11.2. The van der Waals surface area contributed by atoms with Crippen molar-refractivity contribution in [1.82, 2.24) is 0 Å². The van der Waals surface area contributed by atoms with E-state index in [1.54, 1.807) is 24.3 Å². The van der Waals surface area contributed by atoms with E-state index in [2.05, 4.69) is 12.6 Å². The number of ether oxygens (including phenoxy) is 1. The van der Waals surface area contributed by atoms with Crippen LogP contribution in [0.15, 0.2) is 29.2 Å². The van der Waals surface area contributed by atoms with Crippen LogP contribution in [0.4, 0.5) is 0 Å². The summed E-state index contributed by atoms with van der Waals surface area (Å²) in [6.07, 6.45) is 0.373. The first-order valence-corrected chi connectivity index (χ1v) is 5.24. The van der Waals surface area contributed by atoms with E-state index in [4.69, 9.17) is 9.84 Å². The number of carboxylic acids is 1. The smallest absolute Gasteiger partial charge is 0.311 e. The van der Waals surface area contributed by atoms with E-state index in [0.29, 0.717) is 12.2 Å². The van der Waals surface area contributed by atoms with Crippen LogP contribution in [0.25, 0.3) is 0 Å². The Labute approximate surface area is 98.6 Å². The Morgan fingerprint density at radius 2 is 1.81 bits per heavy atom. The molecule has 1 N–H and O–H groups in total. The summed E-state index contributed by atoms with van der Waals surface area (Å²) >= 11 is 4.10. The SMILES string of the molecule is O=C(O)CCCC(=O)Oc1ccc(S)cc1. The summed E-state index contributed by atoms with van der Waals surface area (Å²) in [5.41, 5.74) is 0. The molecular weight excluding hydrogens is 228 g/mol. The first kappa shape index (κ1) is 12.6. The van der Waals surface area contributed by atoms with Crippen LogP contribution in [-0.2, 0) is 9.59 Å². The predicted molar refractivity (Wildman–Crippen MR) is 60.8 cm³/mol. The summed E-state index contributed by atoms with van der Waals surface area (Å²) in [4.78, 5) is 22.2. The number of carbonyl (C=O) groups excluding carboxylic acids is 1. The number of hydrogen-bond donors (Lipinski definition) is 2.